The summed E-state index contributed by atoms with van der Waals surface area (Å²) in [5.41, 5.74) is 3.69. The molecule has 0 aliphatic carbocycles. The van der Waals surface area contributed by atoms with Crippen LogP contribution in [-0.4, -0.2) is 50.3 Å². The molecule has 4 heterocycles. The predicted molar refractivity (Wildman–Crippen MR) is 109 cm³/mol. The van der Waals surface area contributed by atoms with Gasteiger partial charge in [0.2, 0.25) is 0 Å². The molecule has 0 saturated carbocycles. The van der Waals surface area contributed by atoms with E-state index >= 15 is 0 Å². The van der Waals surface area contributed by atoms with E-state index in [4.69, 9.17) is 0 Å². The maximum atomic E-state index is 12.2. The minimum absolute atomic E-state index is 0.0161. The lowest BCUT2D eigenvalue weighted by atomic mass is 10.2. The highest BCUT2D eigenvalue weighted by Crippen LogP contribution is 2.23. The molecule has 1 fully saturated rings. The molecule has 8 nitrogen and oxygen atoms in total. The molecule has 142 valence electrons. The Morgan fingerprint density at radius 1 is 1.00 bits per heavy atom. The Kier molecular flexibility index (Phi) is 3.78. The Morgan fingerprint density at radius 3 is 2.61 bits per heavy atom. The average molecular weight is 375 g/mol. The summed E-state index contributed by atoms with van der Waals surface area (Å²) in [7, 11) is 1.72. The molecule has 0 spiro atoms. The monoisotopic (exact) mass is 375 g/mol. The van der Waals surface area contributed by atoms with Gasteiger partial charge in [-0.25, -0.2) is 9.97 Å². The molecule has 1 saturated heterocycles. The number of nitrogens with zero attached hydrogens (tertiary/aromatic N) is 7. The number of hydrogen-bond donors (Lipinski definition) is 0. The van der Waals surface area contributed by atoms with Crippen LogP contribution >= 0.6 is 0 Å². The summed E-state index contributed by atoms with van der Waals surface area (Å²) < 4.78 is 3.41. The molecule has 0 bridgehead atoms. The summed E-state index contributed by atoms with van der Waals surface area (Å²) >= 11 is 0. The van der Waals surface area contributed by atoms with Gasteiger partial charge in [0.25, 0.3) is 5.56 Å². The van der Waals surface area contributed by atoms with Crippen molar-refractivity contribution in [3.63, 3.8) is 0 Å². The van der Waals surface area contributed by atoms with Gasteiger partial charge in [-0.05, 0) is 25.1 Å². The van der Waals surface area contributed by atoms with Gasteiger partial charge >= 0.3 is 0 Å². The van der Waals surface area contributed by atoms with Crippen molar-refractivity contribution in [1.29, 1.82) is 0 Å². The van der Waals surface area contributed by atoms with Crippen molar-refractivity contribution < 1.29 is 0 Å². The summed E-state index contributed by atoms with van der Waals surface area (Å²) in [6.07, 6.45) is 3.36. The van der Waals surface area contributed by atoms with Crippen LogP contribution in [0.2, 0.25) is 0 Å². The fourth-order valence-corrected chi connectivity index (χ4v) is 3.83. The second kappa shape index (κ2) is 6.33. The number of fused-ring (bicyclic) bond motifs is 2. The van der Waals surface area contributed by atoms with Crippen LogP contribution in [0, 0.1) is 6.92 Å². The third-order valence-corrected chi connectivity index (χ3v) is 5.34. The number of aryl methyl sites for hydroxylation is 2. The van der Waals surface area contributed by atoms with Gasteiger partial charge in [-0.3, -0.25) is 4.79 Å². The van der Waals surface area contributed by atoms with E-state index in [2.05, 4.69) is 30.9 Å². The molecule has 0 N–H and O–H groups in total. The largest absolute Gasteiger partial charge is 0.368 e. The third-order valence-electron chi connectivity index (χ3n) is 5.34. The van der Waals surface area contributed by atoms with Crippen molar-refractivity contribution in [3.05, 3.63) is 58.9 Å². The van der Waals surface area contributed by atoms with Gasteiger partial charge in [0.1, 0.15) is 5.82 Å². The lowest BCUT2D eigenvalue weighted by Crippen LogP contribution is -2.47. The van der Waals surface area contributed by atoms with E-state index in [-0.39, 0.29) is 5.56 Å². The number of hydrogen-bond acceptors (Lipinski definition) is 6. The smallest absolute Gasteiger partial charge is 0.260 e. The van der Waals surface area contributed by atoms with Crippen LogP contribution in [0.15, 0.2) is 47.7 Å². The number of rotatable bonds is 2. The van der Waals surface area contributed by atoms with E-state index in [0.717, 1.165) is 54.5 Å². The van der Waals surface area contributed by atoms with E-state index in [1.807, 2.05) is 35.7 Å². The SMILES string of the molecule is Cc1cc(N2CCN(c3ccc4c(=O)n(C)cnc4c3)CC2)n2nccc2n1. The van der Waals surface area contributed by atoms with Gasteiger partial charge in [-0.15, -0.1) is 0 Å². The number of anilines is 2. The van der Waals surface area contributed by atoms with Gasteiger partial charge in [0.05, 0.1) is 23.4 Å². The fourth-order valence-electron chi connectivity index (χ4n) is 3.83. The summed E-state index contributed by atoms with van der Waals surface area (Å²) in [4.78, 5) is 25.8. The van der Waals surface area contributed by atoms with Crippen molar-refractivity contribution in [2.75, 3.05) is 36.0 Å². The Hall–Kier alpha value is -3.42. The van der Waals surface area contributed by atoms with Crippen LogP contribution < -0.4 is 15.4 Å². The minimum atomic E-state index is -0.0161. The second-order valence-corrected chi connectivity index (χ2v) is 7.19. The topological polar surface area (TPSA) is 71.6 Å². The zero-order chi connectivity index (χ0) is 19.3. The van der Waals surface area contributed by atoms with Gasteiger partial charge in [0, 0.05) is 56.7 Å². The van der Waals surface area contributed by atoms with Crippen LogP contribution in [0.3, 0.4) is 0 Å². The highest BCUT2D eigenvalue weighted by molar-refractivity contribution is 5.81. The summed E-state index contributed by atoms with van der Waals surface area (Å²) in [5.74, 6) is 1.08. The molecule has 0 atom stereocenters. The molecular formula is C20H21N7O. The molecule has 5 rings (SSSR count). The highest BCUT2D eigenvalue weighted by atomic mass is 16.1. The van der Waals surface area contributed by atoms with E-state index in [0.29, 0.717) is 5.39 Å². The number of piperazine rings is 1. The average Bonchev–Trinajstić information content (AvgIpc) is 3.18. The number of aromatic nitrogens is 5. The molecular weight excluding hydrogens is 354 g/mol. The lowest BCUT2D eigenvalue weighted by molar-refractivity contribution is 0.638. The highest BCUT2D eigenvalue weighted by Gasteiger charge is 2.20. The first kappa shape index (κ1) is 16.7. The quantitative estimate of drug-likeness (QED) is 0.530. The minimum Gasteiger partial charge on any atom is -0.368 e. The molecule has 1 aromatic carbocycles. The third kappa shape index (κ3) is 2.69. The van der Waals surface area contributed by atoms with Crippen LogP contribution in [0.25, 0.3) is 16.6 Å². The summed E-state index contributed by atoms with van der Waals surface area (Å²) in [5, 5.41) is 5.07. The van der Waals surface area contributed by atoms with Gasteiger partial charge in [0.15, 0.2) is 5.65 Å². The normalized spacial score (nSPS) is 14.9. The molecule has 8 heteroatoms. The van der Waals surface area contributed by atoms with E-state index < -0.39 is 0 Å². The Labute approximate surface area is 161 Å². The van der Waals surface area contributed by atoms with E-state index in [1.54, 1.807) is 19.6 Å². The second-order valence-electron chi connectivity index (χ2n) is 7.19. The molecule has 0 radical (unpaired) electrons. The van der Waals surface area contributed by atoms with Crippen LogP contribution in [-0.2, 0) is 7.05 Å². The molecule has 1 aliphatic heterocycles. The van der Waals surface area contributed by atoms with Gasteiger partial charge in [-0.2, -0.15) is 9.61 Å². The molecule has 3 aromatic heterocycles. The molecule has 0 amide bonds. The maximum Gasteiger partial charge on any atom is 0.260 e. The predicted octanol–water partition coefficient (Wildman–Crippen LogP) is 1.61. The van der Waals surface area contributed by atoms with Crippen LogP contribution in [0.1, 0.15) is 5.69 Å². The van der Waals surface area contributed by atoms with E-state index in [9.17, 15) is 4.79 Å². The first-order valence-electron chi connectivity index (χ1n) is 9.37. The molecule has 4 aromatic rings. The zero-order valence-electron chi connectivity index (χ0n) is 15.9. The van der Waals surface area contributed by atoms with Crippen molar-refractivity contribution in [1.82, 2.24) is 24.1 Å². The standard InChI is InChI=1S/C20H21N7O/c1-14-11-19(27-18(23-14)5-6-22-27)26-9-7-25(8-10-26)15-3-4-16-17(12-15)21-13-24(2)20(16)28/h3-6,11-13H,7-10H2,1-2H3. The van der Waals surface area contributed by atoms with Gasteiger partial charge in [-0.1, -0.05) is 0 Å². The lowest BCUT2D eigenvalue weighted by Gasteiger charge is -2.37. The maximum absolute atomic E-state index is 12.2. The van der Waals surface area contributed by atoms with Crippen molar-refractivity contribution >= 4 is 28.1 Å². The molecule has 0 unspecified atom stereocenters. The Bertz CT molecular complexity index is 1230. The van der Waals surface area contributed by atoms with Crippen LogP contribution in [0.4, 0.5) is 11.5 Å². The van der Waals surface area contributed by atoms with Crippen molar-refractivity contribution in [3.8, 4) is 0 Å². The summed E-state index contributed by atoms with van der Waals surface area (Å²) in [6.45, 7) is 5.57. The van der Waals surface area contributed by atoms with Crippen molar-refractivity contribution in [2.45, 2.75) is 6.92 Å². The zero-order valence-corrected chi connectivity index (χ0v) is 15.9. The van der Waals surface area contributed by atoms with Crippen molar-refractivity contribution in [2.24, 2.45) is 7.05 Å². The molecule has 1 aliphatic rings. The van der Waals surface area contributed by atoms with Crippen LogP contribution in [0.5, 0.6) is 0 Å². The first-order valence-corrected chi connectivity index (χ1v) is 9.37. The molecule has 28 heavy (non-hydrogen) atoms. The Morgan fingerprint density at radius 2 is 1.79 bits per heavy atom. The first-order chi connectivity index (χ1) is 13.6. The Balaban J connectivity index is 1.40. The fraction of sp³-hybridized carbons (Fsp3) is 0.300. The van der Waals surface area contributed by atoms with E-state index in [1.165, 1.54) is 4.57 Å². The summed E-state index contributed by atoms with van der Waals surface area (Å²) in [6, 6.07) is 9.93. The number of benzene rings is 1. The van der Waals surface area contributed by atoms with Gasteiger partial charge < -0.3 is 14.4 Å².